The van der Waals surface area contributed by atoms with Gasteiger partial charge in [-0.05, 0) is 118 Å². The summed E-state index contributed by atoms with van der Waals surface area (Å²) in [6.45, 7) is 6.47. The van der Waals surface area contributed by atoms with Gasteiger partial charge in [-0.3, -0.25) is 24.3 Å². The number of aromatic amines is 1. The number of rotatable bonds is 14. The lowest BCUT2D eigenvalue weighted by molar-refractivity contribution is -0.137. The van der Waals surface area contributed by atoms with Gasteiger partial charge in [0.1, 0.15) is 6.04 Å². The van der Waals surface area contributed by atoms with Crippen LogP contribution in [0.4, 0.5) is 5.69 Å². The standard InChI is InChI=1S/C39H47N7O5.ClH/c1-23(2)41-38(50)30-9-4-24(3)32(21-30)27-10-5-25(6-11-27)20-33(43-37(49)29-12-7-26(22-40)8-13-29)39(51)42-31-16-14-28(15-17-31)36-44-34(45-46-36)18-19-35(47)48;/h4-6,9-11,14-17,21,23,26,29,33H,7-8,12-13,18-20,22,40H2,1-3H3,(H,41,50)(H,42,51)(H,43,49)(H,47,48)(H,44,45,46);1H/t26-,29-,33-;/m0./s1. The number of amides is 3. The van der Waals surface area contributed by atoms with Crippen LogP contribution in [0, 0.1) is 18.8 Å². The summed E-state index contributed by atoms with van der Waals surface area (Å²) in [7, 11) is 0. The molecule has 5 rings (SSSR count). The second-order valence-electron chi connectivity index (χ2n) is 13.6. The summed E-state index contributed by atoms with van der Waals surface area (Å²) < 4.78 is 0. The molecular weight excluding hydrogens is 682 g/mol. The Kier molecular flexibility index (Phi) is 14.1. The number of carbonyl (C=O) groups is 4. The highest BCUT2D eigenvalue weighted by Gasteiger charge is 2.29. The Hall–Kier alpha value is -5.07. The van der Waals surface area contributed by atoms with E-state index in [1.54, 1.807) is 24.3 Å². The predicted octanol–water partition coefficient (Wildman–Crippen LogP) is 5.46. The fraction of sp³-hybridized carbons (Fsp3) is 0.385. The number of halogens is 1. The second kappa shape index (κ2) is 18.4. The number of hydrogen-bond donors (Lipinski definition) is 6. The monoisotopic (exact) mass is 729 g/mol. The Morgan fingerprint density at radius 3 is 2.23 bits per heavy atom. The van der Waals surface area contributed by atoms with Crippen LogP contribution in [0.15, 0.2) is 66.7 Å². The van der Waals surface area contributed by atoms with Gasteiger partial charge in [0.05, 0.1) is 6.42 Å². The van der Waals surface area contributed by atoms with E-state index in [4.69, 9.17) is 10.8 Å². The van der Waals surface area contributed by atoms with E-state index in [9.17, 15) is 19.2 Å². The minimum atomic E-state index is -0.920. The van der Waals surface area contributed by atoms with Crippen molar-refractivity contribution in [3.63, 3.8) is 0 Å². The Morgan fingerprint density at radius 1 is 0.923 bits per heavy atom. The van der Waals surface area contributed by atoms with Crippen LogP contribution in [0.25, 0.3) is 22.5 Å². The van der Waals surface area contributed by atoms with Crippen LogP contribution < -0.4 is 21.7 Å². The molecule has 52 heavy (non-hydrogen) atoms. The van der Waals surface area contributed by atoms with Crippen molar-refractivity contribution in [2.24, 2.45) is 17.6 Å². The quantitative estimate of drug-likeness (QED) is 0.0986. The van der Waals surface area contributed by atoms with Crippen LogP contribution in [0.5, 0.6) is 0 Å². The number of aryl methyl sites for hydroxylation is 2. The molecule has 1 aromatic heterocycles. The molecule has 1 saturated carbocycles. The van der Waals surface area contributed by atoms with Crippen LogP contribution >= 0.6 is 12.4 Å². The number of carbonyl (C=O) groups excluding carboxylic acids is 3. The van der Waals surface area contributed by atoms with E-state index in [2.05, 4.69) is 31.1 Å². The third-order valence-electron chi connectivity index (χ3n) is 9.33. The predicted molar refractivity (Wildman–Crippen MR) is 203 cm³/mol. The highest BCUT2D eigenvalue weighted by molar-refractivity contribution is 5.98. The first-order chi connectivity index (χ1) is 24.5. The fourth-order valence-corrected chi connectivity index (χ4v) is 6.33. The first-order valence-electron chi connectivity index (χ1n) is 17.5. The smallest absolute Gasteiger partial charge is 0.303 e. The second-order valence-corrected chi connectivity index (χ2v) is 13.6. The fourth-order valence-electron chi connectivity index (χ4n) is 6.33. The Balaban J connectivity index is 0.00000605. The zero-order valence-electron chi connectivity index (χ0n) is 29.8. The summed E-state index contributed by atoms with van der Waals surface area (Å²) in [6, 6.07) is 19.7. The number of hydrogen-bond acceptors (Lipinski definition) is 7. The summed E-state index contributed by atoms with van der Waals surface area (Å²) >= 11 is 0. The number of nitrogens with zero attached hydrogens (tertiary/aromatic N) is 2. The summed E-state index contributed by atoms with van der Waals surface area (Å²) in [5.74, 6) is -0.361. The Morgan fingerprint density at radius 2 is 1.60 bits per heavy atom. The number of carboxylic acids is 1. The Labute approximate surface area is 310 Å². The Bertz CT molecular complexity index is 1830. The largest absolute Gasteiger partial charge is 0.481 e. The van der Waals surface area contributed by atoms with Crippen molar-refractivity contribution in [3.8, 4) is 22.5 Å². The van der Waals surface area contributed by atoms with Crippen molar-refractivity contribution >= 4 is 41.8 Å². The third kappa shape index (κ3) is 10.7. The molecule has 0 unspecified atom stereocenters. The molecule has 12 nitrogen and oxygen atoms in total. The van der Waals surface area contributed by atoms with Gasteiger partial charge in [-0.1, -0.05) is 30.3 Å². The minimum absolute atomic E-state index is 0. The number of nitrogens with two attached hydrogens (primary N) is 1. The molecule has 3 aromatic carbocycles. The molecule has 1 heterocycles. The van der Waals surface area contributed by atoms with Gasteiger partial charge in [-0.25, -0.2) is 4.98 Å². The number of nitrogens with one attached hydrogen (secondary N) is 4. The van der Waals surface area contributed by atoms with Gasteiger partial charge >= 0.3 is 5.97 Å². The highest BCUT2D eigenvalue weighted by Crippen LogP contribution is 2.29. The molecule has 13 heteroatoms. The summed E-state index contributed by atoms with van der Waals surface area (Å²) in [5.41, 5.74) is 11.5. The molecule has 276 valence electrons. The molecule has 1 atom stereocenters. The summed E-state index contributed by atoms with van der Waals surface area (Å²) in [6.07, 6.45) is 3.70. The molecular formula is C39H48ClN7O5. The normalized spacial score (nSPS) is 16.0. The minimum Gasteiger partial charge on any atom is -0.481 e. The van der Waals surface area contributed by atoms with E-state index >= 15 is 0 Å². The van der Waals surface area contributed by atoms with Crippen molar-refractivity contribution in [2.45, 2.75) is 77.8 Å². The van der Waals surface area contributed by atoms with Crippen molar-refractivity contribution in [1.29, 1.82) is 0 Å². The summed E-state index contributed by atoms with van der Waals surface area (Å²) in [4.78, 5) is 55.2. The van der Waals surface area contributed by atoms with E-state index in [1.807, 2.05) is 63.2 Å². The van der Waals surface area contributed by atoms with Gasteiger partial charge < -0.3 is 26.8 Å². The van der Waals surface area contributed by atoms with E-state index in [0.29, 0.717) is 35.4 Å². The third-order valence-corrected chi connectivity index (χ3v) is 9.33. The van der Waals surface area contributed by atoms with Crippen molar-refractivity contribution in [3.05, 3.63) is 89.2 Å². The highest BCUT2D eigenvalue weighted by atomic mass is 35.5. The van der Waals surface area contributed by atoms with Crippen molar-refractivity contribution < 1.29 is 24.3 Å². The van der Waals surface area contributed by atoms with Crippen molar-refractivity contribution in [1.82, 2.24) is 25.8 Å². The average molecular weight is 730 g/mol. The first kappa shape index (κ1) is 39.7. The number of aromatic nitrogens is 3. The maximum Gasteiger partial charge on any atom is 0.303 e. The van der Waals surface area contributed by atoms with Gasteiger partial charge in [-0.15, -0.1) is 12.4 Å². The molecule has 1 aliphatic carbocycles. The molecule has 0 radical (unpaired) electrons. The molecule has 1 aliphatic rings. The number of H-pyrrole nitrogens is 1. The van der Waals surface area contributed by atoms with Crippen LogP contribution in [0.2, 0.25) is 0 Å². The SMILES string of the molecule is Cc1ccc(C(=O)NC(C)C)cc1-c1ccc(C[C@H](NC(=O)[C@H]2CC[C@H](CN)CC2)C(=O)Nc2ccc(-c3nc(CCC(=O)O)n[nH]3)cc2)cc1.Cl. The van der Waals surface area contributed by atoms with E-state index < -0.39 is 12.0 Å². The zero-order chi connectivity index (χ0) is 36.5. The number of aliphatic carboxylic acids is 1. The lowest BCUT2D eigenvalue weighted by Crippen LogP contribution is -2.48. The number of carboxylic acid groups (broad SMARTS) is 1. The zero-order valence-corrected chi connectivity index (χ0v) is 30.6. The van der Waals surface area contributed by atoms with Crippen LogP contribution in [-0.2, 0) is 27.2 Å². The van der Waals surface area contributed by atoms with E-state index in [1.165, 1.54) is 0 Å². The number of benzene rings is 3. The van der Waals surface area contributed by atoms with Gasteiger partial charge in [0, 0.05) is 41.6 Å². The average Bonchev–Trinajstić information content (AvgIpc) is 3.60. The molecule has 3 amide bonds. The maximum atomic E-state index is 13.8. The maximum absolute atomic E-state index is 13.8. The molecule has 0 bridgehead atoms. The van der Waals surface area contributed by atoms with Gasteiger partial charge in [0.15, 0.2) is 11.6 Å². The first-order valence-corrected chi connectivity index (χ1v) is 17.5. The molecule has 4 aromatic rings. The molecule has 0 saturated heterocycles. The van der Waals surface area contributed by atoms with E-state index in [0.717, 1.165) is 53.5 Å². The van der Waals surface area contributed by atoms with Crippen LogP contribution in [-0.4, -0.2) is 62.6 Å². The molecule has 0 aliphatic heterocycles. The van der Waals surface area contributed by atoms with Gasteiger partial charge in [-0.2, -0.15) is 5.10 Å². The van der Waals surface area contributed by atoms with Crippen molar-refractivity contribution in [2.75, 3.05) is 11.9 Å². The van der Waals surface area contributed by atoms with Crippen LogP contribution in [0.3, 0.4) is 0 Å². The molecule has 0 spiro atoms. The van der Waals surface area contributed by atoms with Gasteiger partial charge in [0.2, 0.25) is 11.8 Å². The van der Waals surface area contributed by atoms with E-state index in [-0.39, 0.29) is 61.4 Å². The lowest BCUT2D eigenvalue weighted by Gasteiger charge is -2.28. The molecule has 1 fully saturated rings. The molecule has 7 N–H and O–H groups in total. The number of anilines is 1. The topological polar surface area (TPSA) is 192 Å². The van der Waals surface area contributed by atoms with Crippen LogP contribution in [0.1, 0.15) is 73.3 Å². The van der Waals surface area contributed by atoms with Gasteiger partial charge in [0.25, 0.3) is 5.91 Å². The lowest BCUT2D eigenvalue weighted by atomic mass is 9.81. The summed E-state index contributed by atoms with van der Waals surface area (Å²) in [5, 5.41) is 24.8.